The average Bonchev–Trinajstić information content (AvgIpc) is 2.61. The van der Waals surface area contributed by atoms with E-state index >= 15 is 0 Å². The molecule has 0 aliphatic carbocycles. The van der Waals surface area contributed by atoms with Crippen molar-refractivity contribution in [2.45, 2.75) is 0 Å². The molecule has 10 heteroatoms. The summed E-state index contributed by atoms with van der Waals surface area (Å²) in [5, 5.41) is 18.0. The second kappa shape index (κ2) is 5.39. The predicted molar refractivity (Wildman–Crippen MR) is 92.7 cm³/mol. The Morgan fingerprint density at radius 2 is 1.48 bits per heavy atom. The van der Waals surface area contributed by atoms with Crippen LogP contribution in [0.3, 0.4) is 0 Å². The number of carboxylic acids is 2. The third kappa shape index (κ3) is 2.24. The van der Waals surface area contributed by atoms with Crippen LogP contribution in [0, 0.1) is 0 Å². The van der Waals surface area contributed by atoms with Gasteiger partial charge in [-0.25, -0.2) is 14.4 Å². The molecule has 4 aromatic rings. The van der Waals surface area contributed by atoms with Gasteiger partial charge in [0, 0.05) is 17.8 Å². The summed E-state index contributed by atoms with van der Waals surface area (Å²) < 4.78 is 5.12. The topological polar surface area (TPSA) is 171 Å². The van der Waals surface area contributed by atoms with Gasteiger partial charge in [0.1, 0.15) is 22.2 Å². The molecule has 0 saturated carbocycles. The standard InChI is InChI=1S/C17H8N2O8/c20-13-5-2-10-6(1-9(5)18-3-7(13)15(22)23)11-12(17(26)27-10)19-4-8(14(11)21)16(24)25/h1-4H,(H,18,20)(H,19,21)(H,22,23)(H,24,25). The van der Waals surface area contributed by atoms with Gasteiger partial charge in [0.25, 0.3) is 0 Å². The molecule has 0 spiro atoms. The Morgan fingerprint density at radius 1 is 0.852 bits per heavy atom. The summed E-state index contributed by atoms with van der Waals surface area (Å²) in [4.78, 5) is 64.4. The first-order valence-corrected chi connectivity index (χ1v) is 7.44. The highest BCUT2D eigenvalue weighted by molar-refractivity contribution is 6.09. The van der Waals surface area contributed by atoms with Gasteiger partial charge in [0.05, 0.1) is 16.3 Å². The Balaban J connectivity index is 2.26. The maximum absolute atomic E-state index is 12.6. The second-order valence-corrected chi connectivity index (χ2v) is 5.71. The van der Waals surface area contributed by atoms with Gasteiger partial charge < -0.3 is 24.6 Å². The molecule has 0 radical (unpaired) electrons. The van der Waals surface area contributed by atoms with E-state index < -0.39 is 39.5 Å². The second-order valence-electron chi connectivity index (χ2n) is 5.71. The van der Waals surface area contributed by atoms with Gasteiger partial charge in [0.15, 0.2) is 0 Å². The molecule has 0 amide bonds. The quantitative estimate of drug-likeness (QED) is 0.229. The molecule has 0 fully saturated rings. The van der Waals surface area contributed by atoms with Crippen molar-refractivity contribution in [3.05, 3.63) is 66.5 Å². The normalized spacial score (nSPS) is 11.3. The fourth-order valence-corrected chi connectivity index (χ4v) is 2.94. The molecular formula is C17H8N2O8. The number of carboxylic acid groups (broad SMARTS) is 2. The van der Waals surface area contributed by atoms with Gasteiger partial charge in [-0.3, -0.25) is 9.59 Å². The number of rotatable bonds is 2. The molecular weight excluding hydrogens is 360 g/mol. The maximum Gasteiger partial charge on any atom is 0.360 e. The average molecular weight is 368 g/mol. The highest BCUT2D eigenvalue weighted by Gasteiger charge is 2.19. The largest absolute Gasteiger partial charge is 0.477 e. The first kappa shape index (κ1) is 16.3. The third-order valence-corrected chi connectivity index (χ3v) is 4.20. The summed E-state index contributed by atoms with van der Waals surface area (Å²) in [6.07, 6.45) is 1.91. The van der Waals surface area contributed by atoms with E-state index in [4.69, 9.17) is 14.6 Å². The summed E-state index contributed by atoms with van der Waals surface area (Å²) in [5.74, 6) is -2.90. The van der Waals surface area contributed by atoms with E-state index in [1.807, 2.05) is 0 Å². The van der Waals surface area contributed by atoms with E-state index in [1.54, 1.807) is 0 Å². The van der Waals surface area contributed by atoms with Crippen LogP contribution in [-0.2, 0) is 0 Å². The lowest BCUT2D eigenvalue weighted by Crippen LogP contribution is -2.19. The molecule has 27 heavy (non-hydrogen) atoms. The molecule has 0 atom stereocenters. The van der Waals surface area contributed by atoms with Crippen molar-refractivity contribution < 1.29 is 24.2 Å². The summed E-state index contributed by atoms with van der Waals surface area (Å²) in [6, 6.07) is 2.47. The summed E-state index contributed by atoms with van der Waals surface area (Å²) >= 11 is 0. The van der Waals surface area contributed by atoms with E-state index in [2.05, 4.69) is 9.97 Å². The maximum atomic E-state index is 12.6. The minimum atomic E-state index is -1.47. The van der Waals surface area contributed by atoms with Gasteiger partial charge in [-0.05, 0) is 12.1 Å². The summed E-state index contributed by atoms with van der Waals surface area (Å²) in [7, 11) is 0. The molecule has 0 aliphatic heterocycles. The van der Waals surface area contributed by atoms with Crippen LogP contribution in [0.25, 0.3) is 32.8 Å². The number of hydrogen-bond donors (Lipinski definition) is 4. The van der Waals surface area contributed by atoms with Crippen LogP contribution in [0.15, 0.2) is 43.3 Å². The van der Waals surface area contributed by atoms with E-state index in [9.17, 15) is 24.0 Å². The minimum Gasteiger partial charge on any atom is -0.477 e. The number of H-pyrrole nitrogens is 2. The Kier molecular flexibility index (Phi) is 3.25. The lowest BCUT2D eigenvalue weighted by atomic mass is 10.0. The number of aromatic nitrogens is 2. The van der Waals surface area contributed by atoms with Gasteiger partial charge in [0.2, 0.25) is 10.9 Å². The van der Waals surface area contributed by atoms with Crippen LogP contribution in [-0.4, -0.2) is 32.1 Å². The number of aromatic amines is 2. The van der Waals surface area contributed by atoms with E-state index in [1.165, 1.54) is 6.07 Å². The highest BCUT2D eigenvalue weighted by atomic mass is 16.4. The Labute approximate surface area is 146 Å². The zero-order valence-corrected chi connectivity index (χ0v) is 13.2. The van der Waals surface area contributed by atoms with Gasteiger partial charge in [-0.15, -0.1) is 0 Å². The molecule has 1 aromatic carbocycles. The number of fused-ring (bicyclic) bond motifs is 4. The fraction of sp³-hybridized carbons (Fsp3) is 0. The Bertz CT molecular complexity index is 1490. The van der Waals surface area contributed by atoms with Crippen molar-refractivity contribution in [2.24, 2.45) is 0 Å². The van der Waals surface area contributed by atoms with Crippen LogP contribution < -0.4 is 16.5 Å². The fourth-order valence-electron chi connectivity index (χ4n) is 2.94. The van der Waals surface area contributed by atoms with Crippen molar-refractivity contribution in [2.75, 3.05) is 0 Å². The van der Waals surface area contributed by atoms with E-state index in [-0.39, 0.29) is 32.8 Å². The molecule has 4 rings (SSSR count). The molecule has 3 aromatic heterocycles. The molecule has 3 heterocycles. The smallest absolute Gasteiger partial charge is 0.360 e. The van der Waals surface area contributed by atoms with Crippen LogP contribution in [0.1, 0.15) is 20.7 Å². The molecule has 0 saturated heterocycles. The van der Waals surface area contributed by atoms with Gasteiger partial charge >= 0.3 is 17.6 Å². The number of aromatic carboxylic acids is 2. The predicted octanol–water partition coefficient (Wildman–Crippen LogP) is 0.872. The van der Waals surface area contributed by atoms with Crippen LogP contribution in [0.5, 0.6) is 0 Å². The lowest BCUT2D eigenvalue weighted by molar-refractivity contribution is 0.0684. The number of pyridine rings is 2. The van der Waals surface area contributed by atoms with Gasteiger partial charge in [-0.2, -0.15) is 0 Å². The minimum absolute atomic E-state index is 0.0595. The van der Waals surface area contributed by atoms with Crippen LogP contribution in [0.4, 0.5) is 0 Å². The molecule has 0 bridgehead atoms. The van der Waals surface area contributed by atoms with Crippen molar-refractivity contribution in [1.29, 1.82) is 0 Å². The lowest BCUT2D eigenvalue weighted by Gasteiger charge is -2.06. The summed E-state index contributed by atoms with van der Waals surface area (Å²) in [6.45, 7) is 0. The van der Waals surface area contributed by atoms with Crippen molar-refractivity contribution in [3.8, 4) is 0 Å². The molecule has 4 N–H and O–H groups in total. The van der Waals surface area contributed by atoms with E-state index in [0.717, 1.165) is 18.5 Å². The van der Waals surface area contributed by atoms with Crippen LogP contribution >= 0.6 is 0 Å². The number of nitrogens with one attached hydrogen (secondary N) is 2. The van der Waals surface area contributed by atoms with E-state index in [0.29, 0.717) is 0 Å². The molecule has 0 aliphatic rings. The molecule has 10 nitrogen and oxygen atoms in total. The Hall–Kier alpha value is -4.21. The zero-order chi connectivity index (χ0) is 19.5. The number of benzene rings is 1. The first-order valence-electron chi connectivity index (χ1n) is 7.44. The monoisotopic (exact) mass is 368 g/mol. The molecule has 0 unspecified atom stereocenters. The third-order valence-electron chi connectivity index (χ3n) is 4.20. The zero-order valence-electron chi connectivity index (χ0n) is 13.2. The Morgan fingerprint density at radius 3 is 2.15 bits per heavy atom. The highest BCUT2D eigenvalue weighted by Crippen LogP contribution is 2.23. The van der Waals surface area contributed by atoms with Crippen molar-refractivity contribution in [3.63, 3.8) is 0 Å². The van der Waals surface area contributed by atoms with Crippen molar-refractivity contribution >= 4 is 44.7 Å². The van der Waals surface area contributed by atoms with Crippen molar-refractivity contribution in [1.82, 2.24) is 9.97 Å². The number of hydrogen-bond acceptors (Lipinski definition) is 6. The summed E-state index contributed by atoms with van der Waals surface area (Å²) in [5.41, 5.74) is -3.88. The first-order chi connectivity index (χ1) is 12.8. The van der Waals surface area contributed by atoms with Gasteiger partial charge in [-0.1, -0.05) is 0 Å². The van der Waals surface area contributed by atoms with Crippen LogP contribution in [0.2, 0.25) is 0 Å². The molecule has 134 valence electrons. The number of carbonyl (C=O) groups is 2. The SMILES string of the molecule is O=C(O)c1c[nH]c2cc3c(cc2c1=O)oc(=O)c1[nH]cc(C(=O)O)c(=O)c13.